The van der Waals surface area contributed by atoms with Crippen LogP contribution in [-0.2, 0) is 0 Å². The fraction of sp³-hybridized carbons (Fsp3) is 0.200. The average molecular weight is 210 g/mol. The van der Waals surface area contributed by atoms with E-state index in [0.717, 1.165) is 10.9 Å². The van der Waals surface area contributed by atoms with Gasteiger partial charge in [-0.2, -0.15) is 0 Å². The topological polar surface area (TPSA) is 20.2 Å². The van der Waals surface area contributed by atoms with Crippen molar-refractivity contribution in [3.63, 3.8) is 0 Å². The van der Waals surface area contributed by atoms with Gasteiger partial charge in [0.15, 0.2) is 0 Å². The molecule has 13 heavy (non-hydrogen) atoms. The van der Waals surface area contributed by atoms with Crippen molar-refractivity contribution < 1.29 is 5.11 Å². The van der Waals surface area contributed by atoms with Gasteiger partial charge in [-0.3, -0.25) is 0 Å². The van der Waals surface area contributed by atoms with Gasteiger partial charge in [0.2, 0.25) is 0 Å². The minimum Gasteiger partial charge on any atom is -0.507 e. The standard InChI is InChI=1S/C10H10OS2/c1-6-3-8(11)7-5-10(12-2)13-9(7)4-6/h3-5,11H,1-2H3. The maximum absolute atomic E-state index is 9.66. The second-order valence-electron chi connectivity index (χ2n) is 2.97. The van der Waals surface area contributed by atoms with E-state index < -0.39 is 0 Å². The number of hydrogen-bond acceptors (Lipinski definition) is 3. The zero-order valence-electron chi connectivity index (χ0n) is 7.50. The number of benzene rings is 1. The molecule has 0 atom stereocenters. The normalized spacial score (nSPS) is 10.9. The lowest BCUT2D eigenvalue weighted by molar-refractivity contribution is 0.481. The Morgan fingerprint density at radius 3 is 2.77 bits per heavy atom. The molecule has 2 rings (SSSR count). The van der Waals surface area contributed by atoms with Crippen molar-refractivity contribution in [3.05, 3.63) is 23.8 Å². The number of thioether (sulfide) groups is 1. The highest BCUT2D eigenvalue weighted by Gasteiger charge is 2.05. The van der Waals surface area contributed by atoms with Gasteiger partial charge in [-0.05, 0) is 36.9 Å². The Kier molecular flexibility index (Phi) is 2.22. The number of phenolic OH excluding ortho intramolecular Hbond substituents is 1. The number of hydrogen-bond donors (Lipinski definition) is 1. The van der Waals surface area contributed by atoms with Crippen molar-refractivity contribution in [1.29, 1.82) is 0 Å². The monoisotopic (exact) mass is 210 g/mol. The smallest absolute Gasteiger partial charge is 0.124 e. The van der Waals surface area contributed by atoms with Crippen LogP contribution in [0, 0.1) is 6.92 Å². The van der Waals surface area contributed by atoms with Gasteiger partial charge in [-0.1, -0.05) is 0 Å². The number of fused-ring (bicyclic) bond motifs is 1. The van der Waals surface area contributed by atoms with Crippen molar-refractivity contribution in [2.45, 2.75) is 11.1 Å². The predicted molar refractivity (Wildman–Crippen MR) is 60.0 cm³/mol. The maximum Gasteiger partial charge on any atom is 0.124 e. The molecule has 1 N–H and O–H groups in total. The van der Waals surface area contributed by atoms with Crippen molar-refractivity contribution in [2.24, 2.45) is 0 Å². The second-order valence-corrected chi connectivity index (χ2v) is 5.16. The zero-order chi connectivity index (χ0) is 9.42. The summed E-state index contributed by atoms with van der Waals surface area (Å²) in [5.41, 5.74) is 1.11. The Hall–Kier alpha value is -0.670. The van der Waals surface area contributed by atoms with Gasteiger partial charge in [0.25, 0.3) is 0 Å². The number of thiophene rings is 1. The molecule has 0 radical (unpaired) electrons. The highest BCUT2D eigenvalue weighted by molar-refractivity contribution is 8.00. The highest BCUT2D eigenvalue weighted by atomic mass is 32.2. The van der Waals surface area contributed by atoms with E-state index in [0.29, 0.717) is 5.75 Å². The lowest BCUT2D eigenvalue weighted by Gasteiger charge is -1.96. The minimum atomic E-state index is 0.395. The van der Waals surface area contributed by atoms with E-state index in [1.54, 1.807) is 29.2 Å². The van der Waals surface area contributed by atoms with E-state index in [9.17, 15) is 5.11 Å². The average Bonchev–Trinajstić information content (AvgIpc) is 2.47. The SMILES string of the molecule is CSc1cc2c(O)cc(C)cc2s1. The van der Waals surface area contributed by atoms with Gasteiger partial charge in [0.1, 0.15) is 5.75 Å². The Balaban J connectivity index is 2.75. The third-order valence-corrected chi connectivity index (χ3v) is 4.09. The van der Waals surface area contributed by atoms with Crippen LogP contribution in [0.5, 0.6) is 5.75 Å². The highest BCUT2D eigenvalue weighted by Crippen LogP contribution is 2.36. The summed E-state index contributed by atoms with van der Waals surface area (Å²) < 4.78 is 2.41. The van der Waals surface area contributed by atoms with Crippen molar-refractivity contribution in [1.82, 2.24) is 0 Å². The molecule has 0 saturated carbocycles. The first-order chi connectivity index (χ1) is 6.20. The first kappa shape index (κ1) is 8.91. The summed E-state index contributed by atoms with van der Waals surface area (Å²) in [6, 6.07) is 5.96. The van der Waals surface area contributed by atoms with Gasteiger partial charge in [0.05, 0.1) is 4.21 Å². The molecule has 1 heterocycles. The molecule has 0 unspecified atom stereocenters. The molecule has 0 spiro atoms. The number of aromatic hydroxyl groups is 1. The summed E-state index contributed by atoms with van der Waals surface area (Å²) in [4.78, 5) is 0. The van der Waals surface area contributed by atoms with E-state index in [1.807, 2.05) is 13.0 Å². The predicted octanol–water partition coefficient (Wildman–Crippen LogP) is 3.64. The molecular formula is C10H10OS2. The maximum atomic E-state index is 9.66. The van der Waals surface area contributed by atoms with Crippen LogP contribution in [0.3, 0.4) is 0 Å². The number of phenols is 1. The van der Waals surface area contributed by atoms with Crippen LogP contribution in [0.4, 0.5) is 0 Å². The van der Waals surface area contributed by atoms with E-state index in [-0.39, 0.29) is 0 Å². The summed E-state index contributed by atoms with van der Waals surface area (Å²) in [6.45, 7) is 2.00. The van der Waals surface area contributed by atoms with Crippen molar-refractivity contribution >= 4 is 33.2 Å². The summed E-state index contributed by atoms with van der Waals surface area (Å²) in [7, 11) is 0. The second kappa shape index (κ2) is 3.24. The van der Waals surface area contributed by atoms with Gasteiger partial charge in [-0.15, -0.1) is 23.1 Å². The van der Waals surface area contributed by atoms with Crippen LogP contribution in [0.25, 0.3) is 10.1 Å². The molecule has 0 saturated heterocycles. The molecule has 1 aromatic heterocycles. The first-order valence-corrected chi connectivity index (χ1v) is 6.02. The van der Waals surface area contributed by atoms with Crippen LogP contribution < -0.4 is 0 Å². The molecule has 0 aliphatic heterocycles. The summed E-state index contributed by atoms with van der Waals surface area (Å²) >= 11 is 3.45. The van der Waals surface area contributed by atoms with Crippen LogP contribution in [0.1, 0.15) is 5.56 Å². The summed E-state index contributed by atoms with van der Waals surface area (Å²) in [5.74, 6) is 0.395. The Labute approximate surface area is 85.4 Å². The fourth-order valence-electron chi connectivity index (χ4n) is 1.33. The van der Waals surface area contributed by atoms with Crippen LogP contribution in [0.15, 0.2) is 22.4 Å². The number of aryl methyl sites for hydroxylation is 1. The molecule has 3 heteroatoms. The van der Waals surface area contributed by atoms with Crippen molar-refractivity contribution in [3.8, 4) is 5.75 Å². The van der Waals surface area contributed by atoms with Crippen LogP contribution >= 0.6 is 23.1 Å². The largest absolute Gasteiger partial charge is 0.507 e. The molecule has 1 aromatic carbocycles. The minimum absolute atomic E-state index is 0.395. The fourth-order valence-corrected chi connectivity index (χ4v) is 3.08. The lowest BCUT2D eigenvalue weighted by Crippen LogP contribution is -1.71. The molecular weight excluding hydrogens is 200 g/mol. The van der Waals surface area contributed by atoms with Gasteiger partial charge in [0, 0.05) is 10.1 Å². The Bertz CT molecular complexity index is 445. The molecule has 0 amide bonds. The zero-order valence-corrected chi connectivity index (χ0v) is 9.13. The van der Waals surface area contributed by atoms with Crippen LogP contribution in [0.2, 0.25) is 0 Å². The van der Waals surface area contributed by atoms with Crippen LogP contribution in [-0.4, -0.2) is 11.4 Å². The molecule has 2 aromatic rings. The Morgan fingerprint density at radius 1 is 1.31 bits per heavy atom. The summed E-state index contributed by atoms with van der Waals surface area (Å²) in [6.07, 6.45) is 2.05. The molecule has 0 fully saturated rings. The molecule has 0 bridgehead atoms. The molecule has 0 aliphatic carbocycles. The molecule has 68 valence electrons. The van der Waals surface area contributed by atoms with E-state index in [4.69, 9.17) is 0 Å². The third kappa shape index (κ3) is 1.54. The van der Waals surface area contributed by atoms with E-state index >= 15 is 0 Å². The number of rotatable bonds is 1. The van der Waals surface area contributed by atoms with E-state index in [2.05, 4.69) is 12.3 Å². The first-order valence-electron chi connectivity index (χ1n) is 3.98. The molecule has 0 aliphatic rings. The van der Waals surface area contributed by atoms with Gasteiger partial charge in [-0.25, -0.2) is 0 Å². The third-order valence-electron chi connectivity index (χ3n) is 1.94. The lowest BCUT2D eigenvalue weighted by atomic mass is 10.2. The van der Waals surface area contributed by atoms with Gasteiger partial charge >= 0.3 is 0 Å². The Morgan fingerprint density at radius 2 is 2.08 bits per heavy atom. The quantitative estimate of drug-likeness (QED) is 0.725. The molecule has 1 nitrogen and oxygen atoms in total. The van der Waals surface area contributed by atoms with Crippen molar-refractivity contribution in [2.75, 3.05) is 6.26 Å². The van der Waals surface area contributed by atoms with Gasteiger partial charge < -0.3 is 5.11 Å². The summed E-state index contributed by atoms with van der Waals surface area (Å²) in [5, 5.41) is 10.6. The van der Waals surface area contributed by atoms with E-state index in [1.165, 1.54) is 8.91 Å².